The van der Waals surface area contributed by atoms with Crippen molar-refractivity contribution in [2.45, 2.75) is 13.1 Å². The molecule has 1 heterocycles. The molecule has 0 bridgehead atoms. The zero-order valence-electron chi connectivity index (χ0n) is 15.6. The number of benzene rings is 2. The van der Waals surface area contributed by atoms with Crippen molar-refractivity contribution in [1.82, 2.24) is 9.80 Å². The third-order valence-electron chi connectivity index (χ3n) is 4.71. The van der Waals surface area contributed by atoms with Gasteiger partial charge in [-0.2, -0.15) is 0 Å². The van der Waals surface area contributed by atoms with Crippen molar-refractivity contribution in [3.05, 3.63) is 71.8 Å². The van der Waals surface area contributed by atoms with Crippen LogP contribution in [0.1, 0.15) is 11.1 Å². The summed E-state index contributed by atoms with van der Waals surface area (Å²) in [7, 11) is 0. The molecule has 1 saturated heterocycles. The van der Waals surface area contributed by atoms with E-state index in [1.807, 2.05) is 0 Å². The Hall–Kier alpha value is -1.72. The van der Waals surface area contributed by atoms with Gasteiger partial charge in [-0.05, 0) is 11.1 Å². The minimum atomic E-state index is 0.770. The van der Waals surface area contributed by atoms with E-state index in [9.17, 15) is 0 Å². The van der Waals surface area contributed by atoms with Crippen LogP contribution in [0.3, 0.4) is 0 Å². The standard InChI is InChI=1S/C22H30N2O2/c1-3-7-21(8-4-1)19-23-11-15-25-17-13-24(14-18-26-16-12-23)20-22-9-5-2-6-10-22/h1-10H,11-20H2. The minimum Gasteiger partial charge on any atom is -0.379 e. The predicted molar refractivity (Wildman–Crippen MR) is 105 cm³/mol. The second-order valence-electron chi connectivity index (χ2n) is 6.75. The van der Waals surface area contributed by atoms with Crippen LogP contribution in [0.5, 0.6) is 0 Å². The minimum absolute atomic E-state index is 0.770. The zero-order valence-corrected chi connectivity index (χ0v) is 15.6. The Morgan fingerprint density at radius 1 is 0.538 bits per heavy atom. The van der Waals surface area contributed by atoms with Crippen molar-refractivity contribution in [3.8, 4) is 0 Å². The highest BCUT2D eigenvalue weighted by atomic mass is 16.5. The summed E-state index contributed by atoms with van der Waals surface area (Å²) in [5.41, 5.74) is 2.68. The summed E-state index contributed by atoms with van der Waals surface area (Å²) in [5, 5.41) is 0. The lowest BCUT2D eigenvalue weighted by Crippen LogP contribution is -2.35. The smallest absolute Gasteiger partial charge is 0.0594 e. The van der Waals surface area contributed by atoms with Crippen molar-refractivity contribution in [3.63, 3.8) is 0 Å². The molecule has 0 atom stereocenters. The quantitative estimate of drug-likeness (QED) is 0.843. The summed E-state index contributed by atoms with van der Waals surface area (Å²) >= 11 is 0. The van der Waals surface area contributed by atoms with Gasteiger partial charge in [0.05, 0.1) is 26.4 Å². The molecule has 4 nitrogen and oxygen atoms in total. The van der Waals surface area contributed by atoms with E-state index < -0.39 is 0 Å². The second-order valence-corrected chi connectivity index (χ2v) is 6.75. The largest absolute Gasteiger partial charge is 0.379 e. The number of hydrogen-bond donors (Lipinski definition) is 0. The van der Waals surface area contributed by atoms with Gasteiger partial charge in [0, 0.05) is 39.3 Å². The molecule has 0 aromatic heterocycles. The summed E-state index contributed by atoms with van der Waals surface area (Å²) < 4.78 is 11.8. The Kier molecular flexibility index (Phi) is 8.13. The van der Waals surface area contributed by atoms with Gasteiger partial charge in [0.1, 0.15) is 0 Å². The van der Waals surface area contributed by atoms with Crippen molar-refractivity contribution in [2.75, 3.05) is 52.6 Å². The van der Waals surface area contributed by atoms with Crippen molar-refractivity contribution < 1.29 is 9.47 Å². The maximum absolute atomic E-state index is 5.92. The SMILES string of the molecule is c1ccc(CN2CCOCCN(Cc3ccccc3)CCOCC2)cc1. The molecular weight excluding hydrogens is 324 g/mol. The van der Waals surface area contributed by atoms with Gasteiger partial charge in [-0.25, -0.2) is 0 Å². The van der Waals surface area contributed by atoms with Crippen LogP contribution in [0.4, 0.5) is 0 Å². The molecular formula is C22H30N2O2. The lowest BCUT2D eigenvalue weighted by molar-refractivity contribution is 0.0342. The second kappa shape index (κ2) is 11.1. The van der Waals surface area contributed by atoms with E-state index in [-0.39, 0.29) is 0 Å². The summed E-state index contributed by atoms with van der Waals surface area (Å²) in [6.45, 7) is 8.75. The summed E-state index contributed by atoms with van der Waals surface area (Å²) in [4.78, 5) is 4.83. The van der Waals surface area contributed by atoms with E-state index in [0.29, 0.717) is 0 Å². The first kappa shape index (κ1) is 19.1. The van der Waals surface area contributed by atoms with Gasteiger partial charge in [0.25, 0.3) is 0 Å². The van der Waals surface area contributed by atoms with Gasteiger partial charge in [0.15, 0.2) is 0 Å². The molecule has 0 N–H and O–H groups in total. The van der Waals surface area contributed by atoms with Gasteiger partial charge in [-0.15, -0.1) is 0 Å². The first-order chi connectivity index (χ1) is 12.9. The topological polar surface area (TPSA) is 24.9 Å². The Labute approximate surface area is 157 Å². The molecule has 0 unspecified atom stereocenters. The highest BCUT2D eigenvalue weighted by Crippen LogP contribution is 2.07. The molecule has 2 aromatic carbocycles. The Bertz CT molecular complexity index is 539. The van der Waals surface area contributed by atoms with E-state index in [0.717, 1.165) is 65.7 Å². The molecule has 0 amide bonds. The molecule has 0 saturated carbocycles. The number of rotatable bonds is 4. The molecule has 0 radical (unpaired) electrons. The van der Waals surface area contributed by atoms with Crippen LogP contribution in [0.25, 0.3) is 0 Å². The molecule has 3 rings (SSSR count). The first-order valence-electron chi connectivity index (χ1n) is 9.58. The normalized spacial score (nSPS) is 18.8. The Balaban J connectivity index is 1.46. The fourth-order valence-electron chi connectivity index (χ4n) is 3.20. The Morgan fingerprint density at radius 2 is 0.885 bits per heavy atom. The summed E-state index contributed by atoms with van der Waals surface area (Å²) in [5.74, 6) is 0. The summed E-state index contributed by atoms with van der Waals surface area (Å²) in [6.07, 6.45) is 0. The molecule has 140 valence electrons. The molecule has 0 aliphatic carbocycles. The summed E-state index contributed by atoms with van der Waals surface area (Å²) in [6, 6.07) is 21.2. The van der Waals surface area contributed by atoms with Crippen LogP contribution in [0.15, 0.2) is 60.7 Å². The molecule has 1 fully saturated rings. The van der Waals surface area contributed by atoms with Gasteiger partial charge >= 0.3 is 0 Å². The van der Waals surface area contributed by atoms with Crippen molar-refractivity contribution in [2.24, 2.45) is 0 Å². The van der Waals surface area contributed by atoms with Crippen molar-refractivity contribution >= 4 is 0 Å². The molecule has 26 heavy (non-hydrogen) atoms. The molecule has 1 aliphatic heterocycles. The number of hydrogen-bond acceptors (Lipinski definition) is 4. The van der Waals surface area contributed by atoms with Crippen LogP contribution in [0, 0.1) is 0 Å². The van der Waals surface area contributed by atoms with Gasteiger partial charge in [0.2, 0.25) is 0 Å². The third-order valence-corrected chi connectivity index (χ3v) is 4.71. The van der Waals surface area contributed by atoms with E-state index in [1.165, 1.54) is 11.1 Å². The number of nitrogens with zero attached hydrogens (tertiary/aromatic N) is 2. The van der Waals surface area contributed by atoms with E-state index in [4.69, 9.17) is 9.47 Å². The highest BCUT2D eigenvalue weighted by molar-refractivity contribution is 5.15. The molecule has 2 aromatic rings. The average molecular weight is 354 g/mol. The third kappa shape index (κ3) is 6.89. The fourth-order valence-corrected chi connectivity index (χ4v) is 3.20. The van der Waals surface area contributed by atoms with Crippen LogP contribution < -0.4 is 0 Å². The predicted octanol–water partition coefficient (Wildman–Crippen LogP) is 3.04. The van der Waals surface area contributed by atoms with Crippen LogP contribution >= 0.6 is 0 Å². The lowest BCUT2D eigenvalue weighted by atomic mass is 10.2. The number of ether oxygens (including phenoxy) is 2. The highest BCUT2D eigenvalue weighted by Gasteiger charge is 2.10. The first-order valence-corrected chi connectivity index (χ1v) is 9.58. The van der Waals surface area contributed by atoms with E-state index >= 15 is 0 Å². The maximum Gasteiger partial charge on any atom is 0.0594 e. The lowest BCUT2D eigenvalue weighted by Gasteiger charge is -2.26. The molecule has 1 aliphatic rings. The van der Waals surface area contributed by atoms with E-state index in [1.54, 1.807) is 0 Å². The van der Waals surface area contributed by atoms with E-state index in [2.05, 4.69) is 70.5 Å². The van der Waals surface area contributed by atoms with Gasteiger partial charge < -0.3 is 9.47 Å². The fraction of sp³-hybridized carbons (Fsp3) is 0.455. The van der Waals surface area contributed by atoms with Crippen LogP contribution in [-0.2, 0) is 22.6 Å². The zero-order chi connectivity index (χ0) is 17.9. The van der Waals surface area contributed by atoms with Gasteiger partial charge in [-0.3, -0.25) is 9.80 Å². The van der Waals surface area contributed by atoms with Crippen molar-refractivity contribution in [1.29, 1.82) is 0 Å². The Morgan fingerprint density at radius 3 is 1.23 bits per heavy atom. The van der Waals surface area contributed by atoms with Gasteiger partial charge in [-0.1, -0.05) is 60.7 Å². The van der Waals surface area contributed by atoms with Crippen LogP contribution in [0.2, 0.25) is 0 Å². The molecule has 4 heteroatoms. The monoisotopic (exact) mass is 354 g/mol. The average Bonchev–Trinajstić information content (AvgIpc) is 2.67. The molecule has 0 spiro atoms. The maximum atomic E-state index is 5.92. The van der Waals surface area contributed by atoms with Crippen LogP contribution in [-0.4, -0.2) is 62.4 Å².